The number of nitriles is 1. The second-order valence-electron chi connectivity index (χ2n) is 3.63. The van der Waals surface area contributed by atoms with E-state index in [9.17, 15) is 4.79 Å². The summed E-state index contributed by atoms with van der Waals surface area (Å²) in [7, 11) is 0. The first kappa shape index (κ1) is 12.6. The third-order valence-corrected chi connectivity index (χ3v) is 3.40. The molecule has 0 atom stereocenters. The molecule has 0 bridgehead atoms. The van der Waals surface area contributed by atoms with Crippen LogP contribution in [0.5, 0.6) is 0 Å². The van der Waals surface area contributed by atoms with Crippen LogP contribution in [0.25, 0.3) is 0 Å². The van der Waals surface area contributed by atoms with Crippen molar-refractivity contribution in [3.05, 3.63) is 51.9 Å². The number of hydrogen-bond acceptors (Lipinski definition) is 3. The van der Waals surface area contributed by atoms with E-state index in [0.717, 1.165) is 5.56 Å². The van der Waals surface area contributed by atoms with Crippen LogP contribution >= 0.6 is 22.9 Å². The summed E-state index contributed by atoms with van der Waals surface area (Å²) in [5, 5.41) is 14.6. The van der Waals surface area contributed by atoms with E-state index in [1.807, 2.05) is 18.2 Å². The van der Waals surface area contributed by atoms with Gasteiger partial charge in [0.15, 0.2) is 0 Å². The van der Waals surface area contributed by atoms with Crippen molar-refractivity contribution in [2.45, 2.75) is 6.42 Å². The molecule has 0 aliphatic carbocycles. The maximum Gasteiger partial charge on any atom is 0.229 e. The van der Waals surface area contributed by atoms with Crippen molar-refractivity contribution < 1.29 is 4.79 Å². The van der Waals surface area contributed by atoms with Gasteiger partial charge in [-0.25, -0.2) is 0 Å². The van der Waals surface area contributed by atoms with Gasteiger partial charge in [-0.1, -0.05) is 23.7 Å². The zero-order chi connectivity index (χ0) is 13.0. The van der Waals surface area contributed by atoms with Crippen molar-refractivity contribution in [3.8, 4) is 6.07 Å². The highest BCUT2D eigenvalue weighted by Gasteiger charge is 2.08. The fourth-order valence-electron chi connectivity index (χ4n) is 1.45. The Kier molecular flexibility index (Phi) is 3.98. The Morgan fingerprint density at radius 3 is 2.72 bits per heavy atom. The molecule has 0 spiro atoms. The second-order valence-corrected chi connectivity index (χ2v) is 4.98. The zero-order valence-corrected chi connectivity index (χ0v) is 10.9. The molecule has 0 saturated heterocycles. The average Bonchev–Trinajstić information content (AvgIpc) is 2.79. The molecule has 18 heavy (non-hydrogen) atoms. The lowest BCUT2D eigenvalue weighted by Crippen LogP contribution is -2.14. The molecule has 90 valence electrons. The Balaban J connectivity index is 2.01. The van der Waals surface area contributed by atoms with Crippen molar-refractivity contribution in [2.75, 3.05) is 5.32 Å². The average molecular weight is 277 g/mol. The van der Waals surface area contributed by atoms with Gasteiger partial charge in [-0.05, 0) is 29.1 Å². The minimum atomic E-state index is -0.142. The normalized spacial score (nSPS) is 9.78. The van der Waals surface area contributed by atoms with Gasteiger partial charge in [-0.3, -0.25) is 4.79 Å². The Bertz CT molecular complexity index is 598. The van der Waals surface area contributed by atoms with Gasteiger partial charge in [0, 0.05) is 5.02 Å². The summed E-state index contributed by atoms with van der Waals surface area (Å²) in [5.74, 6) is -0.142. The largest absolute Gasteiger partial charge is 0.316 e. The van der Waals surface area contributed by atoms with E-state index in [-0.39, 0.29) is 12.3 Å². The number of hydrogen-bond donors (Lipinski definition) is 1. The van der Waals surface area contributed by atoms with Crippen LogP contribution in [0.1, 0.15) is 11.1 Å². The fourth-order valence-corrected chi connectivity index (χ4v) is 2.33. The molecule has 2 aromatic rings. The molecule has 1 N–H and O–H groups in total. The number of benzene rings is 1. The van der Waals surface area contributed by atoms with Crippen molar-refractivity contribution in [2.24, 2.45) is 0 Å². The molecular formula is C13H9ClN2OS. The highest BCUT2D eigenvalue weighted by molar-refractivity contribution is 7.14. The van der Waals surface area contributed by atoms with Crippen molar-refractivity contribution in [1.29, 1.82) is 5.26 Å². The van der Waals surface area contributed by atoms with Crippen LogP contribution in [0.4, 0.5) is 5.00 Å². The molecule has 0 radical (unpaired) electrons. The number of anilines is 1. The molecule has 1 heterocycles. The van der Waals surface area contributed by atoms with Crippen molar-refractivity contribution in [1.82, 2.24) is 0 Å². The van der Waals surface area contributed by atoms with Gasteiger partial charge in [0.25, 0.3) is 0 Å². The number of rotatable bonds is 3. The van der Waals surface area contributed by atoms with E-state index >= 15 is 0 Å². The fraction of sp³-hybridized carbons (Fsp3) is 0.0769. The Hall–Kier alpha value is -1.83. The highest BCUT2D eigenvalue weighted by atomic mass is 35.5. The van der Waals surface area contributed by atoms with E-state index in [0.29, 0.717) is 15.6 Å². The summed E-state index contributed by atoms with van der Waals surface area (Å²) in [6.07, 6.45) is 0.264. The van der Waals surface area contributed by atoms with E-state index in [2.05, 4.69) is 5.32 Å². The molecule has 1 aromatic heterocycles. The maximum absolute atomic E-state index is 11.8. The summed E-state index contributed by atoms with van der Waals surface area (Å²) in [6, 6.07) is 10.8. The Labute approximate surface area is 114 Å². The van der Waals surface area contributed by atoms with Crippen LogP contribution in [0, 0.1) is 11.3 Å². The molecule has 5 heteroatoms. The predicted octanol–water partition coefficient (Wildman–Crippen LogP) is 3.45. The van der Waals surface area contributed by atoms with Gasteiger partial charge < -0.3 is 5.32 Å². The first-order valence-electron chi connectivity index (χ1n) is 5.21. The monoisotopic (exact) mass is 276 g/mol. The van der Waals surface area contributed by atoms with Crippen LogP contribution in [-0.2, 0) is 11.2 Å². The lowest BCUT2D eigenvalue weighted by molar-refractivity contribution is -0.115. The molecule has 0 aliphatic rings. The smallest absolute Gasteiger partial charge is 0.229 e. The van der Waals surface area contributed by atoms with Crippen molar-refractivity contribution >= 4 is 33.8 Å². The van der Waals surface area contributed by atoms with Crippen LogP contribution in [0.15, 0.2) is 35.7 Å². The topological polar surface area (TPSA) is 52.9 Å². The van der Waals surface area contributed by atoms with Gasteiger partial charge in [0.05, 0.1) is 12.0 Å². The Morgan fingerprint density at radius 1 is 1.33 bits per heavy atom. The van der Waals surface area contributed by atoms with Crippen LogP contribution in [0.2, 0.25) is 5.02 Å². The molecular weight excluding hydrogens is 268 g/mol. The minimum Gasteiger partial charge on any atom is -0.316 e. The summed E-state index contributed by atoms with van der Waals surface area (Å²) in [4.78, 5) is 11.8. The zero-order valence-electron chi connectivity index (χ0n) is 9.31. The van der Waals surface area contributed by atoms with Crippen LogP contribution in [-0.4, -0.2) is 5.91 Å². The second kappa shape index (κ2) is 5.67. The van der Waals surface area contributed by atoms with E-state index in [1.54, 1.807) is 23.6 Å². The SMILES string of the molecule is N#Cc1ccsc1NC(=O)Cc1ccc(Cl)cc1. The summed E-state index contributed by atoms with van der Waals surface area (Å²) >= 11 is 7.11. The minimum absolute atomic E-state index is 0.142. The number of thiophene rings is 1. The van der Waals surface area contributed by atoms with E-state index < -0.39 is 0 Å². The number of carbonyl (C=O) groups is 1. The summed E-state index contributed by atoms with van der Waals surface area (Å²) in [5.41, 5.74) is 1.37. The number of amides is 1. The molecule has 0 fully saturated rings. The van der Waals surface area contributed by atoms with Gasteiger partial charge in [-0.15, -0.1) is 11.3 Å². The van der Waals surface area contributed by atoms with Gasteiger partial charge in [-0.2, -0.15) is 5.26 Å². The molecule has 2 rings (SSSR count). The summed E-state index contributed by atoms with van der Waals surface area (Å²) in [6.45, 7) is 0. The molecule has 1 aromatic carbocycles. The van der Waals surface area contributed by atoms with Gasteiger partial charge >= 0.3 is 0 Å². The first-order valence-corrected chi connectivity index (χ1v) is 6.46. The first-order chi connectivity index (χ1) is 8.69. The van der Waals surface area contributed by atoms with Gasteiger partial charge in [0.2, 0.25) is 5.91 Å². The Morgan fingerprint density at radius 2 is 2.06 bits per heavy atom. The van der Waals surface area contributed by atoms with Crippen molar-refractivity contribution in [3.63, 3.8) is 0 Å². The van der Waals surface area contributed by atoms with Gasteiger partial charge in [0.1, 0.15) is 11.1 Å². The number of halogens is 1. The van der Waals surface area contributed by atoms with Crippen LogP contribution < -0.4 is 5.32 Å². The third kappa shape index (κ3) is 3.10. The molecule has 3 nitrogen and oxygen atoms in total. The predicted molar refractivity (Wildman–Crippen MR) is 72.8 cm³/mol. The standard InChI is InChI=1S/C13H9ClN2OS/c14-11-3-1-9(2-4-11)7-12(17)16-13-10(8-15)5-6-18-13/h1-6H,7H2,(H,16,17). The van der Waals surface area contributed by atoms with E-state index in [1.165, 1.54) is 11.3 Å². The number of nitrogens with one attached hydrogen (secondary N) is 1. The summed E-state index contributed by atoms with van der Waals surface area (Å²) < 4.78 is 0. The van der Waals surface area contributed by atoms with Crippen LogP contribution in [0.3, 0.4) is 0 Å². The molecule has 0 aliphatic heterocycles. The lowest BCUT2D eigenvalue weighted by atomic mass is 10.1. The number of nitrogens with zero attached hydrogens (tertiary/aromatic N) is 1. The highest BCUT2D eigenvalue weighted by Crippen LogP contribution is 2.22. The molecule has 0 unspecified atom stereocenters. The quantitative estimate of drug-likeness (QED) is 0.933. The third-order valence-electron chi connectivity index (χ3n) is 2.32. The lowest BCUT2D eigenvalue weighted by Gasteiger charge is -2.03. The number of carbonyl (C=O) groups excluding carboxylic acids is 1. The van der Waals surface area contributed by atoms with E-state index in [4.69, 9.17) is 16.9 Å². The molecule has 0 saturated carbocycles. The molecule has 1 amide bonds. The maximum atomic E-state index is 11.8.